The highest BCUT2D eigenvalue weighted by Crippen LogP contribution is 2.29. The van der Waals surface area contributed by atoms with Gasteiger partial charge in [-0.05, 0) is 52.8 Å². The summed E-state index contributed by atoms with van der Waals surface area (Å²) in [5.41, 5.74) is 3.10. The maximum absolute atomic E-state index is 12.5. The minimum absolute atomic E-state index is 0.196. The van der Waals surface area contributed by atoms with E-state index in [1.54, 1.807) is 18.4 Å². The van der Waals surface area contributed by atoms with Crippen LogP contribution in [0, 0.1) is 0 Å². The number of benzene rings is 2. The number of thiophene rings is 1. The van der Waals surface area contributed by atoms with Gasteiger partial charge >= 0.3 is 12.3 Å². The van der Waals surface area contributed by atoms with Crippen LogP contribution in [0.4, 0.5) is 13.2 Å². The van der Waals surface area contributed by atoms with Crippen molar-refractivity contribution < 1.29 is 32.2 Å². The molecule has 168 valence electrons. The zero-order valence-corrected chi connectivity index (χ0v) is 17.9. The summed E-state index contributed by atoms with van der Waals surface area (Å²) >= 11 is 1.24. The van der Waals surface area contributed by atoms with E-state index in [1.807, 2.05) is 24.3 Å². The first-order valence-corrected chi connectivity index (χ1v) is 10.6. The predicted molar refractivity (Wildman–Crippen MR) is 114 cm³/mol. The Balaban J connectivity index is 1.55. The summed E-state index contributed by atoms with van der Waals surface area (Å²) in [4.78, 5) is 24.4. The fourth-order valence-corrected chi connectivity index (χ4v) is 3.71. The van der Waals surface area contributed by atoms with Gasteiger partial charge in [-0.25, -0.2) is 0 Å². The topological polar surface area (TPSA) is 64.6 Å². The van der Waals surface area contributed by atoms with Gasteiger partial charge in [0, 0.05) is 6.54 Å². The highest BCUT2D eigenvalue weighted by molar-refractivity contribution is 7.12. The van der Waals surface area contributed by atoms with E-state index in [2.05, 4.69) is 10.1 Å². The second kappa shape index (κ2) is 10.3. The van der Waals surface area contributed by atoms with E-state index >= 15 is 0 Å². The third kappa shape index (κ3) is 6.84. The number of hydrogen-bond acceptors (Lipinski definition) is 5. The monoisotopic (exact) mass is 463 g/mol. The van der Waals surface area contributed by atoms with Crippen LogP contribution in [-0.2, 0) is 22.5 Å². The number of carbonyl (C=O) groups is 2. The molecule has 0 bridgehead atoms. The van der Waals surface area contributed by atoms with Gasteiger partial charge in [-0.2, -0.15) is 0 Å². The third-order valence-corrected chi connectivity index (χ3v) is 5.30. The van der Waals surface area contributed by atoms with Crippen molar-refractivity contribution in [1.29, 1.82) is 0 Å². The Morgan fingerprint density at radius 2 is 1.62 bits per heavy atom. The molecule has 0 atom stereocenters. The van der Waals surface area contributed by atoms with E-state index in [9.17, 15) is 22.8 Å². The summed E-state index contributed by atoms with van der Waals surface area (Å²) in [5.74, 6) is -0.846. The summed E-state index contributed by atoms with van der Waals surface area (Å²) in [5, 5.41) is 4.59. The fraction of sp³-hybridized carbons (Fsp3) is 0.217. The highest BCUT2D eigenvalue weighted by atomic mass is 32.1. The SMILES string of the molecule is CCOC(=O)Cc1ccc(CNC(=O)c2cc(-c3ccc(OC(F)(F)F)cc3)cs2)cc1. The van der Waals surface area contributed by atoms with E-state index in [-0.39, 0.29) is 24.0 Å². The molecule has 1 N–H and O–H groups in total. The van der Waals surface area contributed by atoms with E-state index < -0.39 is 6.36 Å². The number of ether oxygens (including phenoxy) is 2. The van der Waals surface area contributed by atoms with Crippen LogP contribution in [0.3, 0.4) is 0 Å². The number of esters is 1. The zero-order chi connectivity index (χ0) is 23.1. The minimum Gasteiger partial charge on any atom is -0.466 e. The predicted octanol–water partition coefficient (Wildman–Crippen LogP) is 5.35. The van der Waals surface area contributed by atoms with Gasteiger partial charge in [0.1, 0.15) is 5.75 Å². The number of hydrogen-bond donors (Lipinski definition) is 1. The van der Waals surface area contributed by atoms with Crippen LogP contribution >= 0.6 is 11.3 Å². The summed E-state index contributed by atoms with van der Waals surface area (Å²) in [6.45, 7) is 2.41. The molecule has 5 nitrogen and oxygen atoms in total. The Morgan fingerprint density at radius 3 is 2.25 bits per heavy atom. The Bertz CT molecular complexity index is 1060. The molecule has 0 spiro atoms. The van der Waals surface area contributed by atoms with Crippen molar-refractivity contribution in [3.63, 3.8) is 0 Å². The molecule has 0 saturated carbocycles. The van der Waals surface area contributed by atoms with Crippen molar-refractivity contribution in [1.82, 2.24) is 5.32 Å². The molecular weight excluding hydrogens is 443 g/mol. The van der Waals surface area contributed by atoms with Gasteiger partial charge in [0.25, 0.3) is 5.91 Å². The second-order valence-electron chi connectivity index (χ2n) is 6.75. The van der Waals surface area contributed by atoms with Crippen molar-refractivity contribution in [2.24, 2.45) is 0 Å². The summed E-state index contributed by atoms with van der Waals surface area (Å²) in [6, 6.07) is 14.4. The van der Waals surface area contributed by atoms with Crippen molar-refractivity contribution in [3.05, 3.63) is 76.0 Å². The highest BCUT2D eigenvalue weighted by Gasteiger charge is 2.31. The fourth-order valence-electron chi connectivity index (χ4n) is 2.88. The summed E-state index contributed by atoms with van der Waals surface area (Å²) in [7, 11) is 0. The molecule has 3 aromatic rings. The van der Waals surface area contributed by atoms with E-state index in [0.717, 1.165) is 16.7 Å². The summed E-state index contributed by atoms with van der Waals surface area (Å²) < 4.78 is 45.6. The maximum atomic E-state index is 12.5. The first-order valence-electron chi connectivity index (χ1n) is 9.70. The average molecular weight is 463 g/mol. The van der Waals surface area contributed by atoms with Crippen LogP contribution in [0.2, 0.25) is 0 Å². The molecule has 0 unspecified atom stereocenters. The number of halogens is 3. The van der Waals surface area contributed by atoms with Crippen LogP contribution < -0.4 is 10.1 Å². The normalized spacial score (nSPS) is 11.1. The van der Waals surface area contributed by atoms with E-state index in [0.29, 0.717) is 23.6 Å². The number of carbonyl (C=O) groups excluding carboxylic acids is 2. The van der Waals surface area contributed by atoms with Crippen molar-refractivity contribution >= 4 is 23.2 Å². The van der Waals surface area contributed by atoms with Crippen molar-refractivity contribution in [2.75, 3.05) is 6.61 Å². The standard InChI is InChI=1S/C23H20F3NO4S/c1-2-30-21(28)11-15-3-5-16(6-4-15)13-27-22(29)20-12-18(14-32-20)17-7-9-19(10-8-17)31-23(24,25)26/h3-10,12,14H,2,11,13H2,1H3,(H,27,29). The molecule has 9 heteroatoms. The Labute approximate surface area is 186 Å². The largest absolute Gasteiger partial charge is 0.573 e. The lowest BCUT2D eigenvalue weighted by molar-refractivity contribution is -0.274. The molecule has 2 aromatic carbocycles. The van der Waals surface area contributed by atoms with Crippen LogP contribution in [-0.4, -0.2) is 24.8 Å². The molecule has 3 rings (SSSR count). The lowest BCUT2D eigenvalue weighted by Crippen LogP contribution is -2.21. The van der Waals surface area contributed by atoms with Gasteiger partial charge in [0.15, 0.2) is 0 Å². The number of rotatable bonds is 8. The Hall–Kier alpha value is -3.33. The zero-order valence-electron chi connectivity index (χ0n) is 17.1. The molecule has 1 heterocycles. The molecule has 0 aliphatic carbocycles. The average Bonchev–Trinajstić information content (AvgIpc) is 3.23. The van der Waals surface area contributed by atoms with Gasteiger partial charge in [0.2, 0.25) is 0 Å². The van der Waals surface area contributed by atoms with Gasteiger partial charge in [-0.15, -0.1) is 24.5 Å². The minimum atomic E-state index is -4.74. The van der Waals surface area contributed by atoms with Crippen LogP contribution in [0.15, 0.2) is 60.0 Å². The third-order valence-electron chi connectivity index (χ3n) is 4.37. The first kappa shape index (κ1) is 23.3. The van der Waals surface area contributed by atoms with Gasteiger partial charge < -0.3 is 14.8 Å². The van der Waals surface area contributed by atoms with Gasteiger partial charge in [0.05, 0.1) is 17.9 Å². The molecule has 0 saturated heterocycles. The summed E-state index contributed by atoms with van der Waals surface area (Å²) in [6.07, 6.45) is -4.54. The second-order valence-corrected chi connectivity index (χ2v) is 7.66. The number of nitrogens with one attached hydrogen (secondary N) is 1. The number of alkyl halides is 3. The number of amides is 1. The quantitative estimate of drug-likeness (QED) is 0.458. The van der Waals surface area contributed by atoms with Crippen molar-refractivity contribution in [3.8, 4) is 16.9 Å². The molecule has 1 aromatic heterocycles. The molecule has 1 amide bonds. The first-order chi connectivity index (χ1) is 15.2. The molecule has 0 radical (unpaired) electrons. The van der Waals surface area contributed by atoms with Gasteiger partial charge in [-0.3, -0.25) is 9.59 Å². The van der Waals surface area contributed by atoms with Crippen molar-refractivity contribution in [2.45, 2.75) is 26.3 Å². The maximum Gasteiger partial charge on any atom is 0.573 e. The van der Waals surface area contributed by atoms with E-state index in [1.165, 1.54) is 35.6 Å². The lowest BCUT2D eigenvalue weighted by atomic mass is 10.1. The van der Waals surface area contributed by atoms with Crippen LogP contribution in [0.25, 0.3) is 11.1 Å². The van der Waals surface area contributed by atoms with Crippen LogP contribution in [0.5, 0.6) is 5.75 Å². The Morgan fingerprint density at radius 1 is 0.969 bits per heavy atom. The van der Waals surface area contributed by atoms with E-state index in [4.69, 9.17) is 4.74 Å². The molecule has 0 aliphatic rings. The van der Waals surface area contributed by atoms with Crippen LogP contribution in [0.1, 0.15) is 27.7 Å². The Kier molecular flexibility index (Phi) is 7.53. The molecule has 32 heavy (non-hydrogen) atoms. The molecule has 0 fully saturated rings. The molecule has 0 aliphatic heterocycles. The smallest absolute Gasteiger partial charge is 0.466 e. The molecular formula is C23H20F3NO4S. The lowest BCUT2D eigenvalue weighted by Gasteiger charge is -2.08. The van der Waals surface area contributed by atoms with Gasteiger partial charge in [-0.1, -0.05) is 36.4 Å².